The van der Waals surface area contributed by atoms with Gasteiger partial charge in [-0.05, 0) is 24.2 Å². The molecule has 2 aliphatic carbocycles. The van der Waals surface area contributed by atoms with E-state index in [1.54, 1.807) is 0 Å². The molecule has 2 heterocycles. The third kappa shape index (κ3) is 1.14. The molecule has 1 N–H and O–H groups in total. The van der Waals surface area contributed by atoms with Crippen molar-refractivity contribution in [2.75, 3.05) is 6.67 Å². The van der Waals surface area contributed by atoms with Gasteiger partial charge in [-0.2, -0.15) is 10.2 Å². The maximum absolute atomic E-state index is 4.49. The lowest BCUT2D eigenvalue weighted by Gasteiger charge is -2.06. The number of fused-ring (bicyclic) bond motifs is 3. The third-order valence-corrected chi connectivity index (χ3v) is 4.33. The van der Waals surface area contributed by atoms with E-state index in [1.165, 1.54) is 11.3 Å². The second-order valence-electron chi connectivity index (χ2n) is 5.54. The Morgan fingerprint density at radius 3 is 2.94 bits per heavy atom. The van der Waals surface area contributed by atoms with E-state index < -0.39 is 0 Å². The summed E-state index contributed by atoms with van der Waals surface area (Å²) in [5, 5.41) is 15.5. The van der Waals surface area contributed by atoms with Crippen molar-refractivity contribution in [2.24, 2.45) is 33.0 Å². The number of hydrogen-bond acceptors (Lipinski definition) is 4. The van der Waals surface area contributed by atoms with Crippen LogP contribution in [0.4, 0.5) is 0 Å². The van der Waals surface area contributed by atoms with Crippen LogP contribution in [-0.4, -0.2) is 22.7 Å². The highest BCUT2D eigenvalue weighted by Crippen LogP contribution is 2.64. The van der Waals surface area contributed by atoms with Crippen LogP contribution in [0.1, 0.15) is 36.7 Å². The van der Waals surface area contributed by atoms with Crippen LogP contribution in [0.5, 0.6) is 0 Å². The molecular formula is C12H15N5. The smallest absolute Gasteiger partial charge is 0.197 e. The largest absolute Gasteiger partial charge is 0.274 e. The summed E-state index contributed by atoms with van der Waals surface area (Å²) >= 11 is 0. The maximum Gasteiger partial charge on any atom is 0.197 e. The van der Waals surface area contributed by atoms with Crippen molar-refractivity contribution in [3.8, 4) is 0 Å². The van der Waals surface area contributed by atoms with E-state index in [9.17, 15) is 0 Å². The molecule has 1 aromatic heterocycles. The molecule has 88 valence electrons. The van der Waals surface area contributed by atoms with E-state index in [0.717, 1.165) is 35.7 Å². The van der Waals surface area contributed by atoms with Gasteiger partial charge in [-0.3, -0.25) is 5.10 Å². The molecule has 0 bridgehead atoms. The van der Waals surface area contributed by atoms with Crippen molar-refractivity contribution in [3.63, 3.8) is 0 Å². The molecule has 1 saturated carbocycles. The Labute approximate surface area is 99.4 Å². The van der Waals surface area contributed by atoms with Gasteiger partial charge in [0.1, 0.15) is 5.69 Å². The number of hydrogen-bond donors (Lipinski definition) is 1. The Bertz CT molecular complexity index is 539. The Kier molecular flexibility index (Phi) is 1.69. The molecule has 0 saturated heterocycles. The molecule has 3 atom stereocenters. The Morgan fingerprint density at radius 2 is 2.24 bits per heavy atom. The number of aromatic amines is 1. The minimum Gasteiger partial charge on any atom is -0.274 e. The van der Waals surface area contributed by atoms with E-state index >= 15 is 0 Å². The number of azo groups is 1. The van der Waals surface area contributed by atoms with Crippen LogP contribution in [-0.2, 0) is 6.42 Å². The summed E-state index contributed by atoms with van der Waals surface area (Å²) in [6, 6.07) is 0. The molecule has 0 amide bonds. The van der Waals surface area contributed by atoms with Crippen molar-refractivity contribution in [1.29, 1.82) is 0 Å². The molecular weight excluding hydrogens is 214 g/mol. The minimum atomic E-state index is 0.463. The van der Waals surface area contributed by atoms with Gasteiger partial charge in [0.05, 0.1) is 5.69 Å². The van der Waals surface area contributed by atoms with Gasteiger partial charge in [0, 0.05) is 11.5 Å². The monoisotopic (exact) mass is 229 g/mol. The first-order chi connectivity index (χ1) is 8.27. The van der Waals surface area contributed by atoms with Crippen LogP contribution < -0.4 is 0 Å². The molecule has 4 rings (SSSR count). The second kappa shape index (κ2) is 3.03. The Morgan fingerprint density at radius 1 is 1.35 bits per heavy atom. The normalized spacial score (nSPS) is 32.9. The average Bonchev–Trinajstić information content (AvgIpc) is 2.75. The summed E-state index contributed by atoms with van der Waals surface area (Å²) < 4.78 is 0. The van der Waals surface area contributed by atoms with E-state index in [0.29, 0.717) is 12.6 Å². The number of rotatable bonds is 2. The highest BCUT2D eigenvalue weighted by Gasteiger charge is 2.58. The van der Waals surface area contributed by atoms with Crippen molar-refractivity contribution in [2.45, 2.75) is 26.2 Å². The second-order valence-corrected chi connectivity index (χ2v) is 5.54. The fourth-order valence-corrected chi connectivity index (χ4v) is 3.60. The summed E-state index contributed by atoms with van der Waals surface area (Å²) in [5.41, 5.74) is 3.63. The van der Waals surface area contributed by atoms with Gasteiger partial charge in [0.15, 0.2) is 12.5 Å². The molecule has 1 fully saturated rings. The summed E-state index contributed by atoms with van der Waals surface area (Å²) in [6.07, 6.45) is 1.14. The lowest BCUT2D eigenvalue weighted by atomic mass is 9.98. The SMILES string of the molecule is CC(C)C1C2Cc3c(n[nH]c3C3=NCN=N3)C21. The van der Waals surface area contributed by atoms with Crippen LogP contribution in [0.25, 0.3) is 0 Å². The first-order valence-corrected chi connectivity index (χ1v) is 6.27. The molecule has 5 nitrogen and oxygen atoms in total. The van der Waals surface area contributed by atoms with Crippen LogP contribution in [0.3, 0.4) is 0 Å². The molecule has 3 unspecified atom stereocenters. The zero-order chi connectivity index (χ0) is 11.6. The fraction of sp³-hybridized carbons (Fsp3) is 0.667. The quantitative estimate of drug-likeness (QED) is 0.829. The van der Waals surface area contributed by atoms with Crippen LogP contribution in [0.2, 0.25) is 0 Å². The van der Waals surface area contributed by atoms with E-state index in [-0.39, 0.29) is 0 Å². The average molecular weight is 229 g/mol. The zero-order valence-electron chi connectivity index (χ0n) is 10.0. The van der Waals surface area contributed by atoms with E-state index in [4.69, 9.17) is 0 Å². The van der Waals surface area contributed by atoms with Crippen molar-refractivity contribution in [3.05, 3.63) is 17.0 Å². The van der Waals surface area contributed by atoms with Gasteiger partial charge in [0.25, 0.3) is 0 Å². The van der Waals surface area contributed by atoms with Gasteiger partial charge in [-0.1, -0.05) is 13.8 Å². The van der Waals surface area contributed by atoms with Crippen molar-refractivity contribution < 1.29 is 0 Å². The molecule has 1 aromatic rings. The number of amidine groups is 1. The van der Waals surface area contributed by atoms with Gasteiger partial charge in [-0.25, -0.2) is 4.99 Å². The number of nitrogens with one attached hydrogen (secondary N) is 1. The molecule has 17 heavy (non-hydrogen) atoms. The minimum absolute atomic E-state index is 0.463. The predicted molar refractivity (Wildman–Crippen MR) is 63.1 cm³/mol. The summed E-state index contributed by atoms with van der Waals surface area (Å²) in [7, 11) is 0. The lowest BCUT2D eigenvalue weighted by Crippen LogP contribution is -2.03. The highest BCUT2D eigenvalue weighted by atomic mass is 15.3. The molecule has 5 heteroatoms. The van der Waals surface area contributed by atoms with E-state index in [2.05, 4.69) is 39.3 Å². The van der Waals surface area contributed by atoms with Gasteiger partial charge >= 0.3 is 0 Å². The summed E-state index contributed by atoms with van der Waals surface area (Å²) in [4.78, 5) is 4.26. The van der Waals surface area contributed by atoms with Crippen LogP contribution in [0.15, 0.2) is 15.2 Å². The topological polar surface area (TPSA) is 65.8 Å². The Balaban J connectivity index is 1.70. The molecule has 0 spiro atoms. The van der Waals surface area contributed by atoms with Crippen LogP contribution in [0, 0.1) is 17.8 Å². The molecule has 3 aliphatic rings. The lowest BCUT2D eigenvalue weighted by molar-refractivity contribution is 0.504. The van der Waals surface area contributed by atoms with Crippen molar-refractivity contribution in [1.82, 2.24) is 10.2 Å². The highest BCUT2D eigenvalue weighted by molar-refractivity contribution is 5.99. The summed E-state index contributed by atoms with van der Waals surface area (Å²) in [6.45, 7) is 5.08. The number of nitrogens with zero attached hydrogens (tertiary/aromatic N) is 4. The summed E-state index contributed by atoms with van der Waals surface area (Å²) in [5.74, 6) is 3.85. The number of aromatic nitrogens is 2. The molecule has 0 aromatic carbocycles. The third-order valence-electron chi connectivity index (χ3n) is 4.33. The van der Waals surface area contributed by atoms with Gasteiger partial charge in [-0.15, -0.1) is 5.11 Å². The van der Waals surface area contributed by atoms with Gasteiger partial charge < -0.3 is 0 Å². The maximum atomic E-state index is 4.49. The number of H-pyrrole nitrogens is 1. The molecule has 0 radical (unpaired) electrons. The Hall–Kier alpha value is -1.52. The zero-order valence-corrected chi connectivity index (χ0v) is 10.0. The standard InChI is InChI=1S/C12H15N5/c1-5(2)8-6-3-7-10(9(6)8)15-16-11(7)12-13-4-14-17-12/h5-6,8-9H,3-4H2,1-2H3,(H,15,16). The first-order valence-electron chi connectivity index (χ1n) is 6.27. The first kappa shape index (κ1) is 9.50. The fourth-order valence-electron chi connectivity index (χ4n) is 3.60. The molecule has 1 aliphatic heterocycles. The van der Waals surface area contributed by atoms with E-state index in [1.807, 2.05) is 0 Å². The van der Waals surface area contributed by atoms with Gasteiger partial charge in [0.2, 0.25) is 0 Å². The van der Waals surface area contributed by atoms with Crippen molar-refractivity contribution >= 4 is 5.84 Å². The van der Waals surface area contributed by atoms with Crippen LogP contribution >= 0.6 is 0 Å². The predicted octanol–water partition coefficient (Wildman–Crippen LogP) is 2.12. The number of aliphatic imine (C=N–C) groups is 1.